The summed E-state index contributed by atoms with van der Waals surface area (Å²) in [5, 5.41) is 0. The van der Waals surface area contributed by atoms with Crippen LogP contribution in [-0.4, -0.2) is 23.8 Å². The van der Waals surface area contributed by atoms with E-state index in [4.69, 9.17) is 0 Å². The fourth-order valence-electron chi connectivity index (χ4n) is 2.65. The maximum absolute atomic E-state index is 12.4. The molecule has 1 aromatic rings. The molecule has 0 bridgehead atoms. The van der Waals surface area contributed by atoms with E-state index >= 15 is 0 Å². The lowest BCUT2D eigenvalue weighted by Crippen LogP contribution is -2.39. The molecule has 5 nitrogen and oxygen atoms in total. The molecule has 0 aromatic heterocycles. The second kappa shape index (κ2) is 6.08. The van der Waals surface area contributed by atoms with Crippen molar-refractivity contribution < 1.29 is 14.4 Å². The van der Waals surface area contributed by atoms with Crippen LogP contribution in [0.25, 0.3) is 0 Å². The number of imide groups is 1. The summed E-state index contributed by atoms with van der Waals surface area (Å²) in [5.41, 5.74) is 1.13. The molecule has 21 heavy (non-hydrogen) atoms. The Bertz CT molecular complexity index is 583. The second-order valence-electron chi connectivity index (χ2n) is 5.14. The third kappa shape index (κ3) is 2.68. The monoisotopic (exact) mass is 288 g/mol. The van der Waals surface area contributed by atoms with Crippen molar-refractivity contribution in [1.29, 1.82) is 0 Å². The molecule has 0 saturated carbocycles. The second-order valence-corrected chi connectivity index (χ2v) is 5.14. The van der Waals surface area contributed by atoms with Crippen LogP contribution in [-0.2, 0) is 14.4 Å². The molecule has 0 unspecified atom stereocenters. The van der Waals surface area contributed by atoms with Gasteiger partial charge in [-0.1, -0.05) is 26.0 Å². The summed E-state index contributed by atoms with van der Waals surface area (Å²) in [5.74, 6) is -0.549. The van der Waals surface area contributed by atoms with Gasteiger partial charge in [-0.15, -0.1) is 0 Å². The number of benzene rings is 1. The Morgan fingerprint density at radius 2 is 1.67 bits per heavy atom. The highest BCUT2D eigenvalue weighted by Crippen LogP contribution is 2.35. The molecule has 0 radical (unpaired) electrons. The number of fused-ring (bicyclic) bond motifs is 1. The minimum absolute atomic E-state index is 0.0476. The summed E-state index contributed by atoms with van der Waals surface area (Å²) in [6, 6.07) is 6.82. The normalized spacial score (nSPS) is 18.2. The van der Waals surface area contributed by atoms with Crippen LogP contribution in [0.4, 0.5) is 11.4 Å². The minimum atomic E-state index is -0.263. The molecule has 2 rings (SSSR count). The third-order valence-electron chi connectivity index (χ3n) is 3.67. The van der Waals surface area contributed by atoms with Gasteiger partial charge in [-0.05, 0) is 19.1 Å². The van der Waals surface area contributed by atoms with Crippen LogP contribution in [0.15, 0.2) is 24.3 Å². The number of amides is 3. The molecule has 3 amide bonds. The first-order valence-corrected chi connectivity index (χ1v) is 7.28. The third-order valence-corrected chi connectivity index (χ3v) is 3.67. The fourth-order valence-corrected chi connectivity index (χ4v) is 2.65. The molecule has 1 aromatic carbocycles. The van der Waals surface area contributed by atoms with Crippen molar-refractivity contribution in [3.63, 3.8) is 0 Å². The predicted molar refractivity (Wildman–Crippen MR) is 81.1 cm³/mol. The molecule has 1 heterocycles. The van der Waals surface area contributed by atoms with Crippen molar-refractivity contribution in [3.8, 4) is 0 Å². The number of nitrogens with zero attached hydrogens (tertiary/aromatic N) is 2. The zero-order valence-corrected chi connectivity index (χ0v) is 12.6. The molecular formula is C16H20N2O3. The smallest absolute Gasteiger partial charge is 0.235 e. The highest BCUT2D eigenvalue weighted by molar-refractivity contribution is 6.19. The van der Waals surface area contributed by atoms with E-state index in [-0.39, 0.29) is 36.6 Å². The van der Waals surface area contributed by atoms with Crippen LogP contribution in [0.2, 0.25) is 0 Å². The van der Waals surface area contributed by atoms with Gasteiger partial charge in [0.1, 0.15) is 0 Å². The molecule has 112 valence electrons. The van der Waals surface area contributed by atoms with Gasteiger partial charge in [-0.2, -0.15) is 0 Å². The Kier molecular flexibility index (Phi) is 4.40. The Morgan fingerprint density at radius 1 is 1.10 bits per heavy atom. The molecule has 0 saturated heterocycles. The number of anilines is 2. The van der Waals surface area contributed by atoms with E-state index in [0.717, 1.165) is 0 Å². The number of hydrogen-bond acceptors (Lipinski definition) is 3. The van der Waals surface area contributed by atoms with E-state index in [1.54, 1.807) is 36.9 Å². The lowest BCUT2D eigenvalue weighted by molar-refractivity contribution is -0.126. The Hall–Kier alpha value is -2.17. The van der Waals surface area contributed by atoms with Gasteiger partial charge in [-0.25, -0.2) is 4.90 Å². The van der Waals surface area contributed by atoms with Crippen LogP contribution < -0.4 is 9.80 Å². The van der Waals surface area contributed by atoms with Crippen molar-refractivity contribution in [2.75, 3.05) is 9.80 Å². The summed E-state index contributed by atoms with van der Waals surface area (Å²) in [6.45, 7) is 5.35. The first kappa shape index (κ1) is 15.2. The van der Waals surface area contributed by atoms with Crippen LogP contribution in [0, 0.1) is 0 Å². The molecule has 0 aliphatic carbocycles. The van der Waals surface area contributed by atoms with E-state index in [1.165, 1.54) is 4.90 Å². The van der Waals surface area contributed by atoms with Crippen molar-refractivity contribution in [2.24, 2.45) is 0 Å². The Balaban J connectivity index is 2.62. The molecule has 0 fully saturated rings. The summed E-state index contributed by atoms with van der Waals surface area (Å²) in [6.07, 6.45) is 0.747. The maximum atomic E-state index is 12.4. The molecule has 0 spiro atoms. The van der Waals surface area contributed by atoms with Gasteiger partial charge >= 0.3 is 0 Å². The SMILES string of the molecule is CCC(=O)N1C(=O)C[C@@H](C)N(C(=O)CC)c2ccccc21. The fraction of sp³-hybridized carbons (Fsp3) is 0.438. The zero-order chi connectivity index (χ0) is 15.6. The predicted octanol–water partition coefficient (Wildman–Crippen LogP) is 2.49. The lowest BCUT2D eigenvalue weighted by atomic mass is 10.1. The topological polar surface area (TPSA) is 57.7 Å². The number of carbonyl (C=O) groups excluding carboxylic acids is 3. The van der Waals surface area contributed by atoms with Gasteiger partial charge in [0.05, 0.1) is 11.4 Å². The van der Waals surface area contributed by atoms with Crippen LogP contribution in [0.3, 0.4) is 0 Å². The van der Waals surface area contributed by atoms with Crippen LogP contribution in [0.1, 0.15) is 40.0 Å². The quantitative estimate of drug-likeness (QED) is 0.840. The average Bonchev–Trinajstić information content (AvgIpc) is 2.58. The molecule has 1 atom stereocenters. The van der Waals surface area contributed by atoms with Crippen LogP contribution >= 0.6 is 0 Å². The lowest BCUT2D eigenvalue weighted by Gasteiger charge is -2.27. The van der Waals surface area contributed by atoms with Gasteiger partial charge < -0.3 is 4.90 Å². The van der Waals surface area contributed by atoms with E-state index in [2.05, 4.69) is 0 Å². The summed E-state index contributed by atoms with van der Waals surface area (Å²) >= 11 is 0. The van der Waals surface area contributed by atoms with Crippen molar-refractivity contribution in [1.82, 2.24) is 0 Å². The van der Waals surface area contributed by atoms with Gasteiger partial charge in [0.25, 0.3) is 0 Å². The Morgan fingerprint density at radius 3 is 2.24 bits per heavy atom. The van der Waals surface area contributed by atoms with E-state index < -0.39 is 0 Å². The highest BCUT2D eigenvalue weighted by atomic mass is 16.2. The molecule has 1 aliphatic heterocycles. The molecular weight excluding hydrogens is 268 g/mol. The van der Waals surface area contributed by atoms with Crippen molar-refractivity contribution in [3.05, 3.63) is 24.3 Å². The van der Waals surface area contributed by atoms with Crippen molar-refractivity contribution in [2.45, 2.75) is 46.1 Å². The Labute approximate surface area is 124 Å². The summed E-state index contributed by atoms with van der Waals surface area (Å²) in [7, 11) is 0. The standard InChI is InChI=1S/C16H20N2O3/c1-4-14(19)17-11(3)10-16(21)18(15(20)5-2)13-9-7-6-8-12(13)17/h6-9,11H,4-5,10H2,1-3H3/t11-/m1/s1. The molecule has 5 heteroatoms. The van der Waals surface area contributed by atoms with Gasteiger partial charge in [0.2, 0.25) is 17.7 Å². The minimum Gasteiger partial charge on any atom is -0.307 e. The summed E-state index contributed by atoms with van der Waals surface area (Å²) < 4.78 is 0. The van der Waals surface area contributed by atoms with Crippen LogP contribution in [0.5, 0.6) is 0 Å². The number of para-hydroxylation sites is 2. The highest BCUT2D eigenvalue weighted by Gasteiger charge is 2.35. The van der Waals surface area contributed by atoms with Gasteiger partial charge in [-0.3, -0.25) is 14.4 Å². The first-order valence-electron chi connectivity index (χ1n) is 7.28. The van der Waals surface area contributed by atoms with Gasteiger partial charge in [0.15, 0.2) is 0 Å². The maximum Gasteiger partial charge on any atom is 0.235 e. The summed E-state index contributed by atoms with van der Waals surface area (Å²) in [4.78, 5) is 39.7. The molecule has 0 N–H and O–H groups in total. The number of rotatable bonds is 2. The van der Waals surface area contributed by atoms with E-state index in [9.17, 15) is 14.4 Å². The largest absolute Gasteiger partial charge is 0.307 e. The first-order chi connectivity index (χ1) is 10.0. The van der Waals surface area contributed by atoms with E-state index in [1.807, 2.05) is 13.0 Å². The molecule has 1 aliphatic rings. The number of hydrogen-bond donors (Lipinski definition) is 0. The zero-order valence-electron chi connectivity index (χ0n) is 12.6. The van der Waals surface area contributed by atoms with Gasteiger partial charge in [0, 0.05) is 25.3 Å². The average molecular weight is 288 g/mol. The van der Waals surface area contributed by atoms with Crippen molar-refractivity contribution >= 4 is 29.1 Å². The van der Waals surface area contributed by atoms with E-state index in [0.29, 0.717) is 17.8 Å². The number of carbonyl (C=O) groups is 3.